The Hall–Kier alpha value is -1.15. The van der Waals surface area contributed by atoms with Crippen LogP contribution in [-0.4, -0.2) is 63.8 Å². The van der Waals surface area contributed by atoms with Crippen molar-refractivity contribution in [3.8, 4) is 0 Å². The highest BCUT2D eigenvalue weighted by Gasteiger charge is 2.32. The molecular weight excluding hydrogens is 362 g/mol. The highest BCUT2D eigenvalue weighted by molar-refractivity contribution is 7.89. The first-order valence-corrected chi connectivity index (χ1v) is 9.86. The van der Waals surface area contributed by atoms with Gasteiger partial charge in [0, 0.05) is 32.7 Å². The molecule has 1 aromatic rings. The van der Waals surface area contributed by atoms with Gasteiger partial charge in [-0.05, 0) is 56.0 Å². The van der Waals surface area contributed by atoms with E-state index in [2.05, 4.69) is 5.32 Å². The zero-order valence-electron chi connectivity index (χ0n) is 14.6. The van der Waals surface area contributed by atoms with Crippen LogP contribution in [0.5, 0.6) is 0 Å². The number of carbonyl (C=O) groups is 1. The molecule has 1 aromatic carbocycles. The van der Waals surface area contributed by atoms with Gasteiger partial charge in [0.15, 0.2) is 0 Å². The molecule has 0 aromatic heterocycles. The van der Waals surface area contributed by atoms with Crippen LogP contribution in [0.3, 0.4) is 0 Å². The molecule has 0 spiro atoms. The predicted molar refractivity (Wildman–Crippen MR) is 99.6 cm³/mol. The van der Waals surface area contributed by atoms with Crippen LogP contribution >= 0.6 is 12.4 Å². The molecule has 6 nitrogen and oxygen atoms in total. The Bertz CT molecular complexity index is 710. The first-order valence-electron chi connectivity index (χ1n) is 8.42. The van der Waals surface area contributed by atoms with E-state index in [-0.39, 0.29) is 23.2 Å². The van der Waals surface area contributed by atoms with Crippen LogP contribution in [0, 0.1) is 11.8 Å². The number of amides is 1. The lowest BCUT2D eigenvalue weighted by molar-refractivity contribution is 0.0758. The van der Waals surface area contributed by atoms with Gasteiger partial charge in [0.05, 0.1) is 4.90 Å². The number of benzene rings is 1. The predicted octanol–water partition coefficient (Wildman–Crippen LogP) is 1.43. The summed E-state index contributed by atoms with van der Waals surface area (Å²) in [4.78, 5) is 14.9. The van der Waals surface area contributed by atoms with Gasteiger partial charge in [-0.3, -0.25) is 4.79 Å². The van der Waals surface area contributed by atoms with Crippen LogP contribution in [-0.2, 0) is 10.0 Å². The summed E-state index contributed by atoms with van der Waals surface area (Å²) in [5, 5.41) is 3.43. The number of sulfonamides is 1. The molecule has 0 bridgehead atoms. The number of hydrogen-bond acceptors (Lipinski definition) is 4. The van der Waals surface area contributed by atoms with E-state index >= 15 is 0 Å². The van der Waals surface area contributed by atoms with Gasteiger partial charge in [-0.25, -0.2) is 12.7 Å². The Labute approximate surface area is 156 Å². The maximum Gasteiger partial charge on any atom is 0.253 e. The Morgan fingerprint density at radius 2 is 1.76 bits per heavy atom. The van der Waals surface area contributed by atoms with Crippen molar-refractivity contribution in [2.75, 3.05) is 40.3 Å². The van der Waals surface area contributed by atoms with Crippen LogP contribution in [0.4, 0.5) is 0 Å². The molecule has 1 amide bonds. The lowest BCUT2D eigenvalue weighted by Gasteiger charge is -2.21. The Morgan fingerprint density at radius 1 is 1.16 bits per heavy atom. The van der Waals surface area contributed by atoms with E-state index in [1.807, 2.05) is 4.90 Å². The van der Waals surface area contributed by atoms with Gasteiger partial charge < -0.3 is 10.2 Å². The van der Waals surface area contributed by atoms with Crippen LogP contribution in [0.25, 0.3) is 0 Å². The number of likely N-dealkylation sites (tertiary alicyclic amines) is 1. The van der Waals surface area contributed by atoms with E-state index in [1.54, 1.807) is 12.1 Å². The van der Waals surface area contributed by atoms with Crippen molar-refractivity contribution in [1.29, 1.82) is 0 Å². The first-order chi connectivity index (χ1) is 11.4. The zero-order chi connectivity index (χ0) is 17.3. The summed E-state index contributed by atoms with van der Waals surface area (Å²) in [6, 6.07) is 6.36. The number of carbonyl (C=O) groups excluding carboxylic acids is 1. The third-order valence-electron chi connectivity index (χ3n) is 5.17. The molecule has 2 heterocycles. The summed E-state index contributed by atoms with van der Waals surface area (Å²) >= 11 is 0. The Morgan fingerprint density at radius 3 is 2.32 bits per heavy atom. The van der Waals surface area contributed by atoms with E-state index in [0.29, 0.717) is 17.4 Å². The van der Waals surface area contributed by atoms with E-state index in [0.717, 1.165) is 43.3 Å². The highest BCUT2D eigenvalue weighted by Crippen LogP contribution is 2.28. The smallest absolute Gasteiger partial charge is 0.253 e. The Kier molecular flexibility index (Phi) is 6.48. The number of halogens is 1. The van der Waals surface area contributed by atoms with Gasteiger partial charge in [0.1, 0.15) is 0 Å². The molecule has 2 atom stereocenters. The largest absolute Gasteiger partial charge is 0.339 e. The zero-order valence-corrected chi connectivity index (χ0v) is 16.3. The van der Waals surface area contributed by atoms with Crippen molar-refractivity contribution in [1.82, 2.24) is 14.5 Å². The number of rotatable bonds is 3. The summed E-state index contributed by atoms with van der Waals surface area (Å²) in [7, 11) is -0.546. The average Bonchev–Trinajstić information content (AvgIpc) is 2.93. The fraction of sp³-hybridized carbons (Fsp3) is 0.588. The van der Waals surface area contributed by atoms with E-state index in [4.69, 9.17) is 0 Å². The molecule has 8 heteroatoms. The fourth-order valence-corrected chi connectivity index (χ4v) is 4.55. The van der Waals surface area contributed by atoms with Gasteiger partial charge in [-0.15, -0.1) is 12.4 Å². The molecule has 2 aliphatic rings. The number of nitrogens with zero attached hydrogens (tertiary/aromatic N) is 2. The second-order valence-electron chi connectivity index (χ2n) is 6.86. The number of nitrogens with one attached hydrogen (secondary N) is 1. The van der Waals surface area contributed by atoms with E-state index < -0.39 is 10.0 Å². The SMILES string of the molecule is CN(C)S(=O)(=O)c1cccc(C(=O)N2CC[C@@H]3CNC[C@@H]3CC2)c1.Cl. The molecule has 1 N–H and O–H groups in total. The molecule has 2 aliphatic heterocycles. The molecule has 0 radical (unpaired) electrons. The second-order valence-corrected chi connectivity index (χ2v) is 9.02. The third-order valence-corrected chi connectivity index (χ3v) is 6.98. The van der Waals surface area contributed by atoms with Gasteiger partial charge in [-0.1, -0.05) is 6.07 Å². The average molecular weight is 388 g/mol. The molecular formula is C17H26ClN3O3S. The lowest BCUT2D eigenvalue weighted by Crippen LogP contribution is -2.33. The number of fused-ring (bicyclic) bond motifs is 1. The first kappa shape index (κ1) is 20.2. The van der Waals surface area contributed by atoms with Crippen molar-refractivity contribution < 1.29 is 13.2 Å². The quantitative estimate of drug-likeness (QED) is 0.851. The molecule has 2 fully saturated rings. The standard InChI is InChI=1S/C17H25N3O3S.ClH/c1-19(2)24(22,23)16-5-3-4-13(10-16)17(21)20-8-6-14-11-18-12-15(14)7-9-20;/h3-5,10,14-15,18H,6-9,11-12H2,1-2H3;1H/t14-,15+;. The summed E-state index contributed by atoms with van der Waals surface area (Å²) in [5.74, 6) is 1.24. The minimum absolute atomic E-state index is 0. The molecule has 140 valence electrons. The summed E-state index contributed by atoms with van der Waals surface area (Å²) < 4.78 is 25.7. The maximum absolute atomic E-state index is 12.8. The van der Waals surface area contributed by atoms with Gasteiger partial charge in [0.25, 0.3) is 5.91 Å². The third kappa shape index (κ3) is 4.16. The van der Waals surface area contributed by atoms with Gasteiger partial charge in [-0.2, -0.15) is 0 Å². The lowest BCUT2D eigenvalue weighted by atomic mass is 9.92. The summed E-state index contributed by atoms with van der Waals surface area (Å²) in [6.45, 7) is 3.57. The van der Waals surface area contributed by atoms with Crippen LogP contribution in [0.2, 0.25) is 0 Å². The van der Waals surface area contributed by atoms with Gasteiger partial charge in [0.2, 0.25) is 10.0 Å². The molecule has 0 saturated carbocycles. The summed E-state index contributed by atoms with van der Waals surface area (Å²) in [5.41, 5.74) is 0.447. The normalized spacial score (nSPS) is 23.7. The van der Waals surface area contributed by atoms with Crippen LogP contribution in [0.1, 0.15) is 23.2 Å². The second kappa shape index (κ2) is 8.03. The fourth-order valence-electron chi connectivity index (χ4n) is 3.60. The van der Waals surface area contributed by atoms with Crippen molar-refractivity contribution in [3.63, 3.8) is 0 Å². The highest BCUT2D eigenvalue weighted by atomic mass is 35.5. The van der Waals surface area contributed by atoms with Crippen molar-refractivity contribution in [3.05, 3.63) is 29.8 Å². The molecule has 0 aliphatic carbocycles. The van der Waals surface area contributed by atoms with Crippen molar-refractivity contribution >= 4 is 28.3 Å². The minimum atomic E-state index is -3.53. The van der Waals surface area contributed by atoms with Crippen molar-refractivity contribution in [2.24, 2.45) is 11.8 Å². The maximum atomic E-state index is 12.8. The molecule has 2 saturated heterocycles. The minimum Gasteiger partial charge on any atom is -0.339 e. The van der Waals surface area contributed by atoms with E-state index in [1.165, 1.54) is 26.2 Å². The summed E-state index contributed by atoms with van der Waals surface area (Å²) in [6.07, 6.45) is 2.03. The van der Waals surface area contributed by atoms with Crippen LogP contribution in [0.15, 0.2) is 29.2 Å². The molecule has 0 unspecified atom stereocenters. The van der Waals surface area contributed by atoms with Crippen molar-refractivity contribution in [2.45, 2.75) is 17.7 Å². The molecule has 3 rings (SSSR count). The topological polar surface area (TPSA) is 69.7 Å². The molecule has 25 heavy (non-hydrogen) atoms. The van der Waals surface area contributed by atoms with Gasteiger partial charge >= 0.3 is 0 Å². The Balaban J connectivity index is 0.00000225. The number of hydrogen-bond donors (Lipinski definition) is 1. The monoisotopic (exact) mass is 387 g/mol. The van der Waals surface area contributed by atoms with E-state index in [9.17, 15) is 13.2 Å². The van der Waals surface area contributed by atoms with Crippen LogP contribution < -0.4 is 5.32 Å².